The normalized spacial score (nSPS) is 10.7. The van der Waals surface area contributed by atoms with Crippen LogP contribution in [0, 0.1) is 0 Å². The fourth-order valence-corrected chi connectivity index (χ4v) is 2.12. The van der Waals surface area contributed by atoms with Gasteiger partial charge in [0.25, 0.3) is 6.43 Å². The van der Waals surface area contributed by atoms with Gasteiger partial charge in [-0.2, -0.15) is 0 Å². The van der Waals surface area contributed by atoms with Crippen LogP contribution in [0.25, 0.3) is 0 Å². The molecule has 1 aromatic heterocycles. The van der Waals surface area contributed by atoms with E-state index in [-0.39, 0.29) is 22.3 Å². The van der Waals surface area contributed by atoms with Crippen LogP contribution in [0.3, 0.4) is 0 Å². The number of ether oxygens (including phenoxy) is 1. The van der Waals surface area contributed by atoms with Crippen molar-refractivity contribution in [2.75, 3.05) is 7.11 Å². The van der Waals surface area contributed by atoms with Gasteiger partial charge in [-0.25, -0.2) is 8.78 Å². The van der Waals surface area contributed by atoms with E-state index in [1.165, 1.54) is 7.11 Å². The van der Waals surface area contributed by atoms with E-state index in [2.05, 4.69) is 25.7 Å². The van der Waals surface area contributed by atoms with Gasteiger partial charge in [0.2, 0.25) is 0 Å². The van der Waals surface area contributed by atoms with Gasteiger partial charge in [0.15, 0.2) is 0 Å². The Bertz CT molecular complexity index is 429. The number of carbonyl (C=O) groups excluding carboxylic acids is 1. The Morgan fingerprint density at radius 3 is 2.76 bits per heavy atom. The van der Waals surface area contributed by atoms with Crippen LogP contribution < -0.4 is 0 Å². The molecule has 0 radical (unpaired) electrons. The molecular formula is C10H9BrClF2NO2. The minimum atomic E-state index is -2.67. The lowest BCUT2D eigenvalue weighted by Gasteiger charge is -2.11. The van der Waals surface area contributed by atoms with Crippen LogP contribution in [-0.4, -0.2) is 18.1 Å². The quantitative estimate of drug-likeness (QED) is 0.629. The number of pyridine rings is 1. The van der Waals surface area contributed by atoms with Gasteiger partial charge in [-0.3, -0.25) is 9.78 Å². The summed E-state index contributed by atoms with van der Waals surface area (Å²) in [5.41, 5.74) is 0.454. The summed E-state index contributed by atoms with van der Waals surface area (Å²) in [4.78, 5) is 15.0. The fourth-order valence-electron chi connectivity index (χ4n) is 1.25. The van der Waals surface area contributed by atoms with Gasteiger partial charge in [-0.15, -0.1) is 11.6 Å². The monoisotopic (exact) mass is 327 g/mol. The molecule has 0 unspecified atom stereocenters. The van der Waals surface area contributed by atoms with E-state index in [9.17, 15) is 13.6 Å². The zero-order valence-corrected chi connectivity index (χ0v) is 11.2. The number of aromatic nitrogens is 1. The molecule has 0 saturated heterocycles. The van der Waals surface area contributed by atoms with Gasteiger partial charge in [0.05, 0.1) is 30.7 Å². The largest absolute Gasteiger partial charge is 0.469 e. The Morgan fingerprint density at radius 2 is 2.29 bits per heavy atom. The summed E-state index contributed by atoms with van der Waals surface area (Å²) in [6, 6.07) is 0. The van der Waals surface area contributed by atoms with Gasteiger partial charge in [-0.05, 0) is 15.9 Å². The van der Waals surface area contributed by atoms with Crippen molar-refractivity contribution in [2.45, 2.75) is 18.7 Å². The third kappa shape index (κ3) is 3.35. The van der Waals surface area contributed by atoms with E-state index in [0.717, 1.165) is 6.20 Å². The van der Waals surface area contributed by atoms with Gasteiger partial charge in [-0.1, -0.05) is 0 Å². The SMILES string of the molecule is COC(=O)Cc1c(CCl)ncc(C(F)F)c1Br. The van der Waals surface area contributed by atoms with Crippen LogP contribution in [0.5, 0.6) is 0 Å². The van der Waals surface area contributed by atoms with Gasteiger partial charge in [0, 0.05) is 16.2 Å². The lowest BCUT2D eigenvalue weighted by molar-refractivity contribution is -0.139. The molecule has 0 bridgehead atoms. The summed E-state index contributed by atoms with van der Waals surface area (Å²) >= 11 is 8.68. The van der Waals surface area contributed by atoms with Crippen molar-refractivity contribution in [3.8, 4) is 0 Å². The molecule has 0 spiro atoms. The summed E-state index contributed by atoms with van der Waals surface area (Å²) < 4.78 is 29.9. The number of rotatable bonds is 4. The van der Waals surface area contributed by atoms with Crippen molar-refractivity contribution in [1.29, 1.82) is 0 Å². The maximum Gasteiger partial charge on any atom is 0.310 e. The number of hydrogen-bond donors (Lipinski definition) is 0. The number of methoxy groups -OCH3 is 1. The predicted octanol–water partition coefficient (Wildman–Crippen LogP) is 3.24. The minimum absolute atomic E-state index is 0.0362. The second kappa shape index (κ2) is 6.26. The standard InChI is InChI=1S/C10H9BrClF2NO2/c1-17-8(16)2-5-7(3-12)15-4-6(9(5)11)10(13)14/h4,10H,2-3H2,1H3. The third-order valence-electron chi connectivity index (χ3n) is 2.14. The molecule has 7 heteroatoms. The molecule has 0 atom stereocenters. The number of hydrogen-bond acceptors (Lipinski definition) is 3. The van der Waals surface area contributed by atoms with Crippen molar-refractivity contribution in [3.63, 3.8) is 0 Å². The molecule has 1 aromatic rings. The van der Waals surface area contributed by atoms with Crippen LogP contribution in [0.1, 0.15) is 23.2 Å². The molecule has 0 aliphatic carbocycles. The molecule has 1 heterocycles. The highest BCUT2D eigenvalue weighted by Gasteiger charge is 2.20. The van der Waals surface area contributed by atoms with E-state index >= 15 is 0 Å². The Morgan fingerprint density at radius 1 is 1.65 bits per heavy atom. The molecule has 17 heavy (non-hydrogen) atoms. The molecule has 3 nitrogen and oxygen atoms in total. The molecule has 94 valence electrons. The molecule has 0 aromatic carbocycles. The van der Waals surface area contributed by atoms with Crippen molar-refractivity contribution in [2.24, 2.45) is 0 Å². The zero-order valence-electron chi connectivity index (χ0n) is 8.84. The van der Waals surface area contributed by atoms with E-state index in [0.29, 0.717) is 11.3 Å². The Hall–Kier alpha value is -0.750. The molecule has 0 N–H and O–H groups in total. The van der Waals surface area contributed by atoms with Crippen LogP contribution in [-0.2, 0) is 21.8 Å². The van der Waals surface area contributed by atoms with Crippen LogP contribution in [0.2, 0.25) is 0 Å². The zero-order chi connectivity index (χ0) is 13.0. The Balaban J connectivity index is 3.22. The molecular weight excluding hydrogens is 319 g/mol. The third-order valence-corrected chi connectivity index (χ3v) is 3.33. The number of carbonyl (C=O) groups is 1. The van der Waals surface area contributed by atoms with E-state index in [1.54, 1.807) is 0 Å². The number of nitrogens with zero attached hydrogens (tertiary/aromatic N) is 1. The molecule has 1 rings (SSSR count). The molecule has 0 aliphatic heterocycles. The predicted molar refractivity (Wildman–Crippen MR) is 62.2 cm³/mol. The fraction of sp³-hybridized carbons (Fsp3) is 0.400. The molecule has 0 amide bonds. The van der Waals surface area contributed by atoms with Crippen molar-refractivity contribution in [3.05, 3.63) is 27.5 Å². The first-order chi connectivity index (χ1) is 8.01. The first-order valence-electron chi connectivity index (χ1n) is 4.58. The van der Waals surface area contributed by atoms with E-state index in [1.807, 2.05) is 0 Å². The first kappa shape index (κ1) is 14.3. The lowest BCUT2D eigenvalue weighted by atomic mass is 10.1. The van der Waals surface area contributed by atoms with Gasteiger partial charge < -0.3 is 4.74 Å². The highest BCUT2D eigenvalue weighted by atomic mass is 79.9. The summed E-state index contributed by atoms with van der Waals surface area (Å²) in [5, 5.41) is 0. The van der Waals surface area contributed by atoms with Crippen molar-refractivity contribution >= 4 is 33.5 Å². The topological polar surface area (TPSA) is 39.2 Å². The first-order valence-corrected chi connectivity index (χ1v) is 5.91. The molecule has 0 aliphatic rings. The summed E-state index contributed by atoms with van der Waals surface area (Å²) in [6.45, 7) is 0. The lowest BCUT2D eigenvalue weighted by Crippen LogP contribution is -2.10. The highest BCUT2D eigenvalue weighted by Crippen LogP contribution is 2.31. The van der Waals surface area contributed by atoms with Gasteiger partial charge in [0.1, 0.15) is 0 Å². The maximum absolute atomic E-state index is 12.6. The maximum atomic E-state index is 12.6. The molecule has 0 saturated carbocycles. The Labute approximate surface area is 110 Å². The second-order valence-corrected chi connectivity index (χ2v) is 4.20. The minimum Gasteiger partial charge on any atom is -0.469 e. The van der Waals surface area contributed by atoms with E-state index < -0.39 is 12.4 Å². The number of halogens is 4. The van der Waals surface area contributed by atoms with Crippen molar-refractivity contribution < 1.29 is 18.3 Å². The van der Waals surface area contributed by atoms with Gasteiger partial charge >= 0.3 is 5.97 Å². The van der Waals surface area contributed by atoms with Crippen LogP contribution in [0.15, 0.2) is 10.7 Å². The highest BCUT2D eigenvalue weighted by molar-refractivity contribution is 9.10. The summed E-state index contributed by atoms with van der Waals surface area (Å²) in [5.74, 6) is -0.501. The van der Waals surface area contributed by atoms with Crippen LogP contribution in [0.4, 0.5) is 8.78 Å². The Kier molecular flexibility index (Phi) is 5.27. The molecule has 0 fully saturated rings. The average Bonchev–Trinajstić information content (AvgIpc) is 2.30. The van der Waals surface area contributed by atoms with Crippen molar-refractivity contribution in [1.82, 2.24) is 4.98 Å². The van der Waals surface area contributed by atoms with Crippen LogP contribution >= 0.6 is 27.5 Å². The summed E-state index contributed by atoms with van der Waals surface area (Å²) in [7, 11) is 1.22. The number of alkyl halides is 3. The average molecular weight is 329 g/mol. The summed E-state index contributed by atoms with van der Waals surface area (Å²) in [6.07, 6.45) is -1.77. The number of esters is 1. The van der Waals surface area contributed by atoms with E-state index in [4.69, 9.17) is 11.6 Å². The smallest absolute Gasteiger partial charge is 0.310 e. The second-order valence-electron chi connectivity index (χ2n) is 3.14.